The number of hydrogen-bond donors (Lipinski definition) is 2. The Bertz CT molecular complexity index is 2670. The number of benzene rings is 4. The predicted octanol–water partition coefficient (Wildman–Crippen LogP) is 9.75. The number of fused-ring (bicyclic) bond motifs is 1. The third kappa shape index (κ3) is 11.6. The van der Waals surface area contributed by atoms with E-state index in [1.54, 1.807) is 18.2 Å². The molecule has 7 rings (SSSR count). The maximum absolute atomic E-state index is 14.2. The van der Waals surface area contributed by atoms with Crippen molar-refractivity contribution < 1.29 is 30.0 Å². The van der Waals surface area contributed by atoms with Crippen LogP contribution in [0.25, 0.3) is 11.1 Å². The minimum absolute atomic E-state index is 0.00988. The second-order valence-corrected chi connectivity index (χ2v) is 22.0. The number of rotatable bonds is 16. The minimum Gasteiger partial charge on any atom is -0.380 e. The molecule has 1 fully saturated rings. The maximum Gasteiger partial charge on any atom is 0.501 e. The van der Waals surface area contributed by atoms with Gasteiger partial charge in [-0.1, -0.05) is 71.2 Å². The fourth-order valence-corrected chi connectivity index (χ4v) is 11.5. The SMILES string of the molecule is CN(C)CC[C@H](CSc1ccc(Cl)c(Cl)c1)Nc1ccc(S(=O)(=O)Nc2ncnc3c2CCN(C2CCN(Cc4ccccc4-c4ccc(Cl)cc4)CC2)C3)cc1S(=O)(=O)C(F)(F)F. The summed E-state index contributed by atoms with van der Waals surface area (Å²) >= 11 is 19.7. The van der Waals surface area contributed by atoms with Crippen LogP contribution < -0.4 is 10.0 Å². The van der Waals surface area contributed by atoms with Gasteiger partial charge in [-0.25, -0.2) is 26.8 Å². The van der Waals surface area contributed by atoms with Crippen molar-refractivity contribution in [1.82, 2.24) is 24.7 Å². The first-order chi connectivity index (χ1) is 30.4. The van der Waals surface area contributed by atoms with E-state index in [0.29, 0.717) is 70.6 Å². The molecule has 5 aromatic rings. The van der Waals surface area contributed by atoms with Gasteiger partial charge in [0.25, 0.3) is 19.9 Å². The summed E-state index contributed by atoms with van der Waals surface area (Å²) in [6.45, 7) is 4.19. The van der Waals surface area contributed by atoms with Crippen LogP contribution in [0, 0.1) is 0 Å². The lowest BCUT2D eigenvalue weighted by Gasteiger charge is -2.40. The summed E-state index contributed by atoms with van der Waals surface area (Å²) in [7, 11) is -7.01. The van der Waals surface area contributed by atoms with Gasteiger partial charge in [0.2, 0.25) is 0 Å². The van der Waals surface area contributed by atoms with Crippen molar-refractivity contribution in [2.24, 2.45) is 0 Å². The van der Waals surface area contributed by atoms with E-state index in [4.69, 9.17) is 34.8 Å². The summed E-state index contributed by atoms with van der Waals surface area (Å²) in [5.74, 6) is 0.291. The topological polar surface area (TPSA) is 128 Å². The van der Waals surface area contributed by atoms with Crippen LogP contribution in [0.15, 0.2) is 106 Å². The number of piperidine rings is 1. The maximum atomic E-state index is 14.2. The van der Waals surface area contributed by atoms with Crippen LogP contribution in [0.1, 0.15) is 36.1 Å². The predicted molar refractivity (Wildman–Crippen MR) is 250 cm³/mol. The Morgan fingerprint density at radius 1 is 0.891 bits per heavy atom. The van der Waals surface area contributed by atoms with Gasteiger partial charge in [0, 0.05) is 53.0 Å². The quantitative estimate of drug-likeness (QED) is 0.0918. The zero-order valence-electron chi connectivity index (χ0n) is 35.0. The second kappa shape index (κ2) is 20.5. The molecule has 20 heteroatoms. The molecule has 2 N–H and O–H groups in total. The number of hydrogen-bond acceptors (Lipinski definition) is 11. The Kier molecular flexibility index (Phi) is 15.4. The van der Waals surface area contributed by atoms with Gasteiger partial charge in [0.15, 0.2) is 0 Å². The van der Waals surface area contributed by atoms with Gasteiger partial charge in [-0.3, -0.25) is 14.5 Å². The zero-order chi connectivity index (χ0) is 45.8. The van der Waals surface area contributed by atoms with Crippen LogP contribution in [-0.4, -0.2) is 105 Å². The van der Waals surface area contributed by atoms with Crippen molar-refractivity contribution >= 4 is 77.9 Å². The number of anilines is 2. The molecule has 0 spiro atoms. The highest BCUT2D eigenvalue weighted by Gasteiger charge is 2.48. The van der Waals surface area contributed by atoms with E-state index < -0.39 is 41.2 Å². The fourth-order valence-electron chi connectivity index (χ4n) is 7.94. The Labute approximate surface area is 391 Å². The molecule has 64 heavy (non-hydrogen) atoms. The van der Waals surface area contributed by atoms with E-state index in [1.807, 2.05) is 49.3 Å². The van der Waals surface area contributed by atoms with Gasteiger partial charge in [-0.15, -0.1) is 11.8 Å². The molecule has 0 amide bonds. The molecule has 0 unspecified atom stereocenters. The number of sulfone groups is 1. The molecular formula is C44H47Cl3F3N7O4S3. The molecule has 1 saturated heterocycles. The van der Waals surface area contributed by atoms with E-state index in [-0.39, 0.29) is 17.5 Å². The van der Waals surface area contributed by atoms with Crippen molar-refractivity contribution in [2.45, 2.75) is 71.1 Å². The standard InChI is InChI=1S/C44H47Cl3F3N7O4S3/c1-55(2)19-15-32(27-62-34-11-13-38(46)39(47)23-34)53-40-14-12-35(24-42(40)63(58,59)44(48,49)50)64(60,61)54-43-37-18-22-57(26-41(37)51-28-52-43)33-16-20-56(21-17-33)25-30-5-3-4-6-36(30)29-7-9-31(45)10-8-29/h3-14,23-24,28,32-33,53H,15-22,25-27H2,1-2H3,(H,51,52,54)/t32-/m1/s1. The van der Waals surface area contributed by atoms with Crippen molar-refractivity contribution in [3.05, 3.63) is 123 Å². The number of thioether (sulfide) groups is 1. The lowest BCUT2D eigenvalue weighted by atomic mass is 9.96. The van der Waals surface area contributed by atoms with Crippen LogP contribution in [0.3, 0.4) is 0 Å². The van der Waals surface area contributed by atoms with Gasteiger partial charge in [-0.05, 0) is 125 Å². The minimum atomic E-state index is -6.03. The van der Waals surface area contributed by atoms with Crippen LogP contribution in [0.4, 0.5) is 24.7 Å². The number of sulfonamides is 1. The van der Waals surface area contributed by atoms with E-state index in [0.717, 1.165) is 55.1 Å². The molecule has 4 aromatic carbocycles. The van der Waals surface area contributed by atoms with Crippen molar-refractivity contribution in [3.8, 4) is 11.1 Å². The van der Waals surface area contributed by atoms with Gasteiger partial charge in [0.05, 0.1) is 26.3 Å². The first-order valence-corrected chi connectivity index (χ1v) is 25.6. The molecule has 342 valence electrons. The van der Waals surface area contributed by atoms with Gasteiger partial charge in [-0.2, -0.15) is 13.2 Å². The molecule has 2 aliphatic rings. The van der Waals surface area contributed by atoms with Crippen molar-refractivity contribution in [3.63, 3.8) is 0 Å². The molecular weight excluding hydrogens is 950 g/mol. The highest BCUT2D eigenvalue weighted by molar-refractivity contribution is 7.99. The lowest BCUT2D eigenvalue weighted by Crippen LogP contribution is -2.46. The molecule has 1 atom stereocenters. The van der Waals surface area contributed by atoms with Crippen molar-refractivity contribution in [1.29, 1.82) is 0 Å². The average Bonchev–Trinajstić information content (AvgIpc) is 3.26. The Morgan fingerprint density at radius 3 is 2.33 bits per heavy atom. The van der Waals surface area contributed by atoms with Crippen LogP contribution in [0.2, 0.25) is 15.1 Å². The van der Waals surface area contributed by atoms with Gasteiger partial charge >= 0.3 is 5.51 Å². The van der Waals surface area contributed by atoms with Crippen LogP contribution in [-0.2, 0) is 39.4 Å². The third-order valence-corrected chi connectivity index (χ3v) is 16.4. The first kappa shape index (κ1) is 48.3. The molecule has 0 radical (unpaired) electrons. The summed E-state index contributed by atoms with van der Waals surface area (Å²) < 4.78 is 99.0. The summed E-state index contributed by atoms with van der Waals surface area (Å²) in [5.41, 5.74) is -1.36. The van der Waals surface area contributed by atoms with E-state index >= 15 is 0 Å². The molecule has 0 bridgehead atoms. The Balaban J connectivity index is 1.04. The molecule has 2 aliphatic heterocycles. The largest absolute Gasteiger partial charge is 0.501 e. The fraction of sp³-hybridized carbons (Fsp3) is 0.364. The first-order valence-electron chi connectivity index (χ1n) is 20.5. The summed E-state index contributed by atoms with van der Waals surface area (Å²) in [6, 6.07) is 23.7. The Morgan fingerprint density at radius 2 is 1.62 bits per heavy atom. The number of alkyl halides is 3. The van der Waals surface area contributed by atoms with Crippen molar-refractivity contribution in [2.75, 3.05) is 56.1 Å². The van der Waals surface area contributed by atoms with Gasteiger partial charge < -0.3 is 10.2 Å². The molecule has 3 heterocycles. The van der Waals surface area contributed by atoms with E-state index in [9.17, 15) is 30.0 Å². The van der Waals surface area contributed by atoms with Crippen LogP contribution >= 0.6 is 46.6 Å². The summed E-state index contributed by atoms with van der Waals surface area (Å²) in [5, 5.41) is 4.35. The number of nitrogens with zero attached hydrogens (tertiary/aromatic N) is 5. The monoisotopic (exact) mass is 995 g/mol. The molecule has 0 saturated carbocycles. The van der Waals surface area contributed by atoms with E-state index in [2.05, 4.69) is 48.0 Å². The highest BCUT2D eigenvalue weighted by Crippen LogP contribution is 2.38. The second-order valence-electron chi connectivity index (χ2n) is 16.1. The highest BCUT2D eigenvalue weighted by atomic mass is 35.5. The molecule has 1 aromatic heterocycles. The smallest absolute Gasteiger partial charge is 0.380 e. The third-order valence-electron chi connectivity index (χ3n) is 11.4. The number of aromatic nitrogens is 2. The summed E-state index contributed by atoms with van der Waals surface area (Å²) in [6.07, 6.45) is 3.95. The van der Waals surface area contributed by atoms with E-state index in [1.165, 1.54) is 29.2 Å². The molecule has 11 nitrogen and oxygen atoms in total. The Hall–Kier alpha value is -3.65. The zero-order valence-corrected chi connectivity index (χ0v) is 39.7. The lowest BCUT2D eigenvalue weighted by molar-refractivity contribution is -0.0435. The average molecular weight is 997 g/mol. The number of likely N-dealkylation sites (tertiary alicyclic amines) is 1. The number of halogens is 6. The molecule has 0 aliphatic carbocycles. The van der Waals surface area contributed by atoms with Crippen LogP contribution in [0.5, 0.6) is 0 Å². The number of nitrogens with one attached hydrogen (secondary N) is 2. The normalized spacial score (nSPS) is 16.1. The van der Waals surface area contributed by atoms with Gasteiger partial charge in [0.1, 0.15) is 17.0 Å². The summed E-state index contributed by atoms with van der Waals surface area (Å²) in [4.78, 5) is 14.2.